The minimum absolute atomic E-state index is 0.567. The highest BCUT2D eigenvalue weighted by Gasteiger charge is 2.20. The Morgan fingerprint density at radius 2 is 0.929 bits per heavy atom. The third kappa shape index (κ3) is 5.35. The van der Waals surface area contributed by atoms with E-state index in [0.29, 0.717) is 17.5 Å². The maximum Gasteiger partial charge on any atom is 0.164 e. The van der Waals surface area contributed by atoms with Crippen LogP contribution in [0.2, 0.25) is 0 Å². The molecule has 0 fully saturated rings. The third-order valence-electron chi connectivity index (χ3n) is 10.5. The van der Waals surface area contributed by atoms with Crippen molar-refractivity contribution < 1.29 is 4.42 Å². The van der Waals surface area contributed by atoms with Gasteiger partial charge in [-0.05, 0) is 71.3 Å². The molecule has 11 aromatic rings. The van der Waals surface area contributed by atoms with E-state index >= 15 is 0 Å². The van der Waals surface area contributed by atoms with Crippen LogP contribution in [0.25, 0.3) is 106 Å². The van der Waals surface area contributed by atoms with Gasteiger partial charge in [-0.2, -0.15) is 0 Å². The van der Waals surface area contributed by atoms with Crippen LogP contribution in [-0.2, 0) is 0 Å². The number of hydrogen-bond acceptors (Lipinski definition) is 5. The van der Waals surface area contributed by atoms with Crippen LogP contribution in [-0.4, -0.2) is 24.5 Å². The van der Waals surface area contributed by atoms with Crippen molar-refractivity contribution in [1.29, 1.82) is 0 Å². The Morgan fingerprint density at radius 1 is 0.393 bits per heavy atom. The number of benzene rings is 7. The Bertz CT molecular complexity index is 3200. The summed E-state index contributed by atoms with van der Waals surface area (Å²) in [5, 5.41) is 3.35. The lowest BCUT2D eigenvalue weighted by molar-refractivity contribution is 0.669. The number of hydrogen-bond donors (Lipinski definition) is 0. The molecule has 0 saturated carbocycles. The van der Waals surface area contributed by atoms with Gasteiger partial charge in [-0.25, -0.2) is 15.0 Å². The molecule has 6 heteroatoms. The summed E-state index contributed by atoms with van der Waals surface area (Å²) in [6, 6.07) is 62.7. The Labute approximate surface area is 322 Å². The van der Waals surface area contributed by atoms with Gasteiger partial charge in [0.05, 0.1) is 11.0 Å². The summed E-state index contributed by atoms with van der Waals surface area (Å²) in [5.74, 6) is 1.76. The maximum absolute atomic E-state index is 6.55. The molecule has 6 nitrogen and oxygen atoms in total. The first-order valence-electron chi connectivity index (χ1n) is 18.6. The van der Waals surface area contributed by atoms with Gasteiger partial charge in [0.15, 0.2) is 23.1 Å². The number of rotatable bonds is 6. The Morgan fingerprint density at radius 3 is 1.66 bits per heavy atom. The molecular formula is C50H31N5O. The fraction of sp³-hybridized carbons (Fsp3) is 0. The lowest BCUT2D eigenvalue weighted by atomic mass is 10.0. The second kappa shape index (κ2) is 13.0. The van der Waals surface area contributed by atoms with Crippen LogP contribution in [0.3, 0.4) is 0 Å². The first kappa shape index (κ1) is 31.8. The largest absolute Gasteiger partial charge is 0.454 e. The molecule has 262 valence electrons. The van der Waals surface area contributed by atoms with Crippen molar-refractivity contribution in [3.8, 4) is 62.1 Å². The lowest BCUT2D eigenvalue weighted by Gasteiger charge is -2.14. The normalized spacial score (nSPS) is 11.6. The molecule has 0 aliphatic rings. The van der Waals surface area contributed by atoms with Crippen LogP contribution in [0, 0.1) is 0 Å². The summed E-state index contributed by atoms with van der Waals surface area (Å²) in [5.41, 5.74) is 12.3. The number of aromatic nitrogens is 5. The van der Waals surface area contributed by atoms with Gasteiger partial charge in [0.1, 0.15) is 11.1 Å². The van der Waals surface area contributed by atoms with Crippen molar-refractivity contribution in [3.63, 3.8) is 0 Å². The molecule has 7 aromatic carbocycles. The molecule has 56 heavy (non-hydrogen) atoms. The average molecular weight is 718 g/mol. The Kier molecular flexibility index (Phi) is 7.38. The fourth-order valence-electron chi connectivity index (χ4n) is 7.88. The Hall–Kier alpha value is -7.70. The van der Waals surface area contributed by atoms with Crippen LogP contribution >= 0.6 is 0 Å². The lowest BCUT2D eigenvalue weighted by Crippen LogP contribution is -2.02. The van der Waals surface area contributed by atoms with Gasteiger partial charge in [0.2, 0.25) is 0 Å². The predicted molar refractivity (Wildman–Crippen MR) is 226 cm³/mol. The number of para-hydroxylation sites is 3. The zero-order valence-corrected chi connectivity index (χ0v) is 30.0. The van der Waals surface area contributed by atoms with Crippen LogP contribution in [0.4, 0.5) is 0 Å². The Balaban J connectivity index is 1.19. The summed E-state index contributed by atoms with van der Waals surface area (Å²) in [6.45, 7) is 0. The number of furan rings is 1. The highest BCUT2D eigenvalue weighted by atomic mass is 16.3. The SMILES string of the molecule is c1ccc(-c2cccc(-c3nc(-c4ccccc4)nc(-c4cc(-c5ccnc6c5oc5ccccc56)cc(-n5c6ccccc6c6ccccc65)c4)n3)c2)cc1. The number of nitrogens with zero attached hydrogens (tertiary/aromatic N) is 5. The minimum Gasteiger partial charge on any atom is -0.454 e. The summed E-state index contributed by atoms with van der Waals surface area (Å²) < 4.78 is 8.88. The molecule has 0 spiro atoms. The van der Waals surface area contributed by atoms with E-state index in [4.69, 9.17) is 24.4 Å². The molecule has 4 heterocycles. The molecule has 0 saturated heterocycles. The summed E-state index contributed by atoms with van der Waals surface area (Å²) in [4.78, 5) is 20.3. The van der Waals surface area contributed by atoms with Gasteiger partial charge in [0.25, 0.3) is 0 Å². The minimum atomic E-state index is 0.567. The molecule has 11 rings (SSSR count). The fourth-order valence-corrected chi connectivity index (χ4v) is 7.88. The molecule has 0 unspecified atom stereocenters. The molecule has 0 aliphatic heterocycles. The average Bonchev–Trinajstić information content (AvgIpc) is 3.83. The molecular weight excluding hydrogens is 687 g/mol. The van der Waals surface area contributed by atoms with Crippen molar-refractivity contribution >= 4 is 43.9 Å². The van der Waals surface area contributed by atoms with Crippen LogP contribution < -0.4 is 0 Å². The highest BCUT2D eigenvalue weighted by Crippen LogP contribution is 2.39. The van der Waals surface area contributed by atoms with Crippen LogP contribution in [0.15, 0.2) is 193 Å². The molecule has 0 atom stereocenters. The summed E-state index contributed by atoms with van der Waals surface area (Å²) >= 11 is 0. The molecule has 0 bridgehead atoms. The van der Waals surface area contributed by atoms with Crippen LogP contribution in [0.5, 0.6) is 0 Å². The van der Waals surface area contributed by atoms with Crippen molar-refractivity contribution in [2.24, 2.45) is 0 Å². The summed E-state index contributed by atoms with van der Waals surface area (Å²) in [6.07, 6.45) is 1.86. The highest BCUT2D eigenvalue weighted by molar-refractivity contribution is 6.10. The van der Waals surface area contributed by atoms with Gasteiger partial charge in [0, 0.05) is 50.3 Å². The van der Waals surface area contributed by atoms with Gasteiger partial charge in [-0.3, -0.25) is 4.98 Å². The first-order chi connectivity index (χ1) is 27.7. The number of pyridine rings is 1. The first-order valence-corrected chi connectivity index (χ1v) is 18.6. The molecule has 4 aromatic heterocycles. The third-order valence-corrected chi connectivity index (χ3v) is 10.5. The van der Waals surface area contributed by atoms with E-state index in [1.54, 1.807) is 0 Å². The van der Waals surface area contributed by atoms with Gasteiger partial charge in [-0.15, -0.1) is 0 Å². The van der Waals surface area contributed by atoms with E-state index in [2.05, 4.69) is 126 Å². The van der Waals surface area contributed by atoms with E-state index in [1.807, 2.05) is 66.9 Å². The van der Waals surface area contributed by atoms with E-state index in [0.717, 1.165) is 77.7 Å². The van der Waals surface area contributed by atoms with E-state index < -0.39 is 0 Å². The van der Waals surface area contributed by atoms with Gasteiger partial charge < -0.3 is 8.98 Å². The monoisotopic (exact) mass is 717 g/mol. The van der Waals surface area contributed by atoms with Crippen LogP contribution in [0.1, 0.15) is 0 Å². The maximum atomic E-state index is 6.55. The zero-order chi connectivity index (χ0) is 37.0. The molecule has 0 N–H and O–H groups in total. The smallest absolute Gasteiger partial charge is 0.164 e. The summed E-state index contributed by atoms with van der Waals surface area (Å²) in [7, 11) is 0. The second-order valence-corrected chi connectivity index (χ2v) is 13.9. The van der Waals surface area contributed by atoms with E-state index in [-0.39, 0.29) is 0 Å². The van der Waals surface area contributed by atoms with Gasteiger partial charge >= 0.3 is 0 Å². The standard InChI is InChI=1S/C50H31N5O/c1-3-14-32(15-4-1)34-18-13-19-35(28-34)49-52-48(33-16-5-2-6-17-33)53-50(54-49)37-29-36(39-26-27-51-46-42-22-9-12-25-45(42)56-47(39)46)30-38(31-37)55-43-23-10-7-20-40(43)41-21-8-11-24-44(41)55/h1-31H. The zero-order valence-electron chi connectivity index (χ0n) is 30.0. The number of fused-ring (bicyclic) bond motifs is 6. The van der Waals surface area contributed by atoms with E-state index in [1.165, 1.54) is 10.8 Å². The topological polar surface area (TPSA) is 69.6 Å². The van der Waals surface area contributed by atoms with Crippen molar-refractivity contribution in [2.45, 2.75) is 0 Å². The predicted octanol–water partition coefficient (Wildman–Crippen LogP) is 12.6. The van der Waals surface area contributed by atoms with Crippen molar-refractivity contribution in [3.05, 3.63) is 188 Å². The molecule has 0 radical (unpaired) electrons. The van der Waals surface area contributed by atoms with Gasteiger partial charge in [-0.1, -0.05) is 127 Å². The van der Waals surface area contributed by atoms with E-state index in [9.17, 15) is 0 Å². The van der Waals surface area contributed by atoms with Crippen molar-refractivity contribution in [2.75, 3.05) is 0 Å². The molecule has 0 amide bonds. The quantitative estimate of drug-likeness (QED) is 0.171. The molecule has 0 aliphatic carbocycles. The van der Waals surface area contributed by atoms with Crippen molar-refractivity contribution in [1.82, 2.24) is 24.5 Å². The second-order valence-electron chi connectivity index (χ2n) is 13.9.